The molecule has 0 radical (unpaired) electrons. The van der Waals surface area contributed by atoms with Crippen molar-refractivity contribution in [2.45, 2.75) is 24.9 Å². The molecule has 0 fully saturated rings. The fourth-order valence-corrected chi connectivity index (χ4v) is 7.19. The molecule has 47 heavy (non-hydrogen) atoms. The van der Waals surface area contributed by atoms with Crippen molar-refractivity contribution in [2.24, 2.45) is 0 Å². The predicted molar refractivity (Wildman–Crippen MR) is 180 cm³/mol. The highest BCUT2D eigenvalue weighted by Gasteiger charge is 2.44. The number of hydrogen-bond acceptors (Lipinski definition) is 7. The van der Waals surface area contributed by atoms with E-state index in [0.29, 0.717) is 5.56 Å². The summed E-state index contributed by atoms with van der Waals surface area (Å²) in [5.74, 6) is 1.62. The lowest BCUT2D eigenvalue weighted by Gasteiger charge is -2.38. The zero-order chi connectivity index (χ0) is 32.3. The molecular weight excluding hydrogens is 582 g/mol. The van der Waals surface area contributed by atoms with Gasteiger partial charge in [-0.1, -0.05) is 105 Å². The maximum absolute atomic E-state index is 9.39. The second-order valence-corrected chi connectivity index (χ2v) is 12.2. The Kier molecular flexibility index (Phi) is 6.22. The minimum atomic E-state index is -0.987. The summed E-state index contributed by atoms with van der Waals surface area (Å²) in [6.07, 6.45) is 4.37. The van der Waals surface area contributed by atoms with Gasteiger partial charge in [-0.05, 0) is 45.8 Å². The number of nitriles is 2. The van der Waals surface area contributed by atoms with Crippen LogP contribution in [-0.4, -0.2) is 22.1 Å². The summed E-state index contributed by atoms with van der Waals surface area (Å²) in [5.41, 5.74) is 7.43. The van der Waals surface area contributed by atoms with Gasteiger partial charge in [-0.15, -0.1) is 0 Å². The van der Waals surface area contributed by atoms with Crippen molar-refractivity contribution in [1.82, 2.24) is 15.0 Å². The van der Waals surface area contributed by atoms with Gasteiger partial charge < -0.3 is 9.47 Å². The summed E-state index contributed by atoms with van der Waals surface area (Å²) < 4.78 is 12.9. The third kappa shape index (κ3) is 4.14. The van der Waals surface area contributed by atoms with Crippen molar-refractivity contribution < 1.29 is 9.47 Å². The molecule has 1 aliphatic carbocycles. The van der Waals surface area contributed by atoms with Crippen molar-refractivity contribution in [2.75, 3.05) is 7.11 Å². The summed E-state index contributed by atoms with van der Waals surface area (Å²) in [5, 5.41) is 21.0. The average Bonchev–Trinajstić information content (AvgIpc) is 3.38. The van der Waals surface area contributed by atoms with E-state index in [2.05, 4.69) is 89.5 Å². The molecule has 224 valence electrons. The van der Waals surface area contributed by atoms with Crippen LogP contribution in [-0.2, 0) is 11.0 Å². The molecule has 0 bridgehead atoms. The van der Waals surface area contributed by atoms with Gasteiger partial charge in [-0.2, -0.15) is 25.5 Å². The summed E-state index contributed by atoms with van der Waals surface area (Å²) in [6, 6.07) is 36.7. The molecule has 1 aromatic heterocycles. The van der Waals surface area contributed by atoms with Crippen LogP contribution in [0.4, 0.5) is 0 Å². The number of rotatable bonds is 4. The van der Waals surface area contributed by atoms with E-state index in [1.165, 1.54) is 22.3 Å². The van der Waals surface area contributed by atoms with Gasteiger partial charge in [0, 0.05) is 33.1 Å². The van der Waals surface area contributed by atoms with Crippen LogP contribution in [0, 0.1) is 22.7 Å². The fraction of sp³-hybridized carbons (Fsp3) is 0.125. The van der Waals surface area contributed by atoms with Crippen LogP contribution in [0.25, 0.3) is 39.4 Å². The van der Waals surface area contributed by atoms with E-state index in [1.807, 2.05) is 60.7 Å². The van der Waals surface area contributed by atoms with Crippen LogP contribution in [0.5, 0.6) is 11.5 Å². The third-order valence-corrected chi connectivity index (χ3v) is 9.37. The topological polar surface area (TPSA) is 105 Å². The number of benzene rings is 5. The summed E-state index contributed by atoms with van der Waals surface area (Å²) >= 11 is 0. The molecule has 8 rings (SSSR count). The largest absolute Gasteiger partial charge is 0.497 e. The van der Waals surface area contributed by atoms with Gasteiger partial charge in [-0.3, -0.25) is 0 Å². The second kappa shape index (κ2) is 10.4. The van der Waals surface area contributed by atoms with Gasteiger partial charge in [-0.25, -0.2) is 0 Å². The van der Waals surface area contributed by atoms with Gasteiger partial charge in [0.25, 0.3) is 0 Å². The van der Waals surface area contributed by atoms with Crippen LogP contribution in [0.15, 0.2) is 103 Å². The molecule has 0 spiro atoms. The lowest BCUT2D eigenvalue weighted by Crippen LogP contribution is -2.35. The first-order chi connectivity index (χ1) is 22.9. The van der Waals surface area contributed by atoms with Crippen LogP contribution in [0.3, 0.4) is 0 Å². The molecular formula is C40H27N5O2. The molecule has 0 saturated heterocycles. The molecule has 1 aliphatic heterocycles. The average molecular weight is 610 g/mol. The Morgan fingerprint density at radius 3 is 2.00 bits per heavy atom. The molecule has 1 atom stereocenters. The second-order valence-electron chi connectivity index (χ2n) is 12.2. The third-order valence-electron chi connectivity index (χ3n) is 9.37. The lowest BCUT2D eigenvalue weighted by molar-refractivity contribution is 0.163. The zero-order valence-corrected chi connectivity index (χ0v) is 25.9. The van der Waals surface area contributed by atoms with E-state index in [-0.39, 0.29) is 22.9 Å². The van der Waals surface area contributed by atoms with Crippen LogP contribution >= 0.6 is 0 Å². The fourth-order valence-electron chi connectivity index (χ4n) is 7.19. The summed E-state index contributed by atoms with van der Waals surface area (Å²) in [6.45, 7) is 4.59. The van der Waals surface area contributed by atoms with Crippen molar-refractivity contribution in [3.8, 4) is 46.2 Å². The Bertz CT molecular complexity index is 2330. The molecule has 7 heteroatoms. The van der Waals surface area contributed by atoms with Crippen molar-refractivity contribution in [3.05, 3.63) is 143 Å². The van der Waals surface area contributed by atoms with Crippen LogP contribution in [0.2, 0.25) is 0 Å². The smallest absolute Gasteiger partial charge is 0.236 e. The first-order valence-corrected chi connectivity index (χ1v) is 15.3. The van der Waals surface area contributed by atoms with Gasteiger partial charge in [0.1, 0.15) is 23.6 Å². The summed E-state index contributed by atoms with van der Waals surface area (Å²) in [7, 11) is 1.65. The summed E-state index contributed by atoms with van der Waals surface area (Å²) in [4.78, 5) is 12.3. The predicted octanol–water partition coefficient (Wildman–Crippen LogP) is 8.10. The lowest BCUT2D eigenvalue weighted by atomic mass is 9.76. The first-order valence-electron chi connectivity index (χ1n) is 15.3. The van der Waals surface area contributed by atoms with E-state index < -0.39 is 5.60 Å². The van der Waals surface area contributed by atoms with E-state index in [9.17, 15) is 10.5 Å². The molecule has 1 unspecified atom stereocenters. The number of fused-ring (bicyclic) bond motifs is 8. The minimum Gasteiger partial charge on any atom is -0.497 e. The Balaban J connectivity index is 1.34. The molecule has 7 nitrogen and oxygen atoms in total. The highest BCUT2D eigenvalue weighted by molar-refractivity contribution is 6.08. The van der Waals surface area contributed by atoms with Crippen molar-refractivity contribution in [1.29, 1.82) is 10.5 Å². The highest BCUT2D eigenvalue weighted by Crippen LogP contribution is 2.58. The van der Waals surface area contributed by atoms with Crippen LogP contribution in [0.1, 0.15) is 53.3 Å². The number of ether oxygens (including phenoxy) is 2. The Morgan fingerprint density at radius 2 is 1.34 bits per heavy atom. The number of nitrogens with zero attached hydrogens (tertiary/aromatic N) is 5. The molecule has 0 saturated carbocycles. The zero-order valence-electron chi connectivity index (χ0n) is 25.9. The maximum atomic E-state index is 9.39. The molecule has 5 aromatic carbocycles. The van der Waals surface area contributed by atoms with Crippen LogP contribution < -0.4 is 9.47 Å². The Labute approximate surface area is 272 Å². The maximum Gasteiger partial charge on any atom is 0.236 e. The SMILES string of the molecule is COc1ccc(C2(c3ccc(-c4nc(C#N)nc(C#N)n4)cc3)C=Cc3c4c(c5ccccc5c3O2)-c2ccccc2C4(C)C)cc1. The van der Waals surface area contributed by atoms with E-state index in [4.69, 9.17) is 9.47 Å². The monoisotopic (exact) mass is 609 g/mol. The molecule has 0 N–H and O–H groups in total. The van der Waals surface area contributed by atoms with Gasteiger partial charge >= 0.3 is 0 Å². The number of aromatic nitrogens is 3. The molecule has 2 heterocycles. The number of hydrogen-bond donors (Lipinski definition) is 0. The normalized spacial score (nSPS) is 16.7. The molecule has 0 amide bonds. The van der Waals surface area contributed by atoms with Crippen molar-refractivity contribution >= 4 is 16.8 Å². The Hall–Kier alpha value is -6.31. The van der Waals surface area contributed by atoms with E-state index >= 15 is 0 Å². The molecule has 6 aromatic rings. The quantitative estimate of drug-likeness (QED) is 0.199. The minimum absolute atomic E-state index is 0.107. The van der Waals surface area contributed by atoms with Gasteiger partial charge in [0.05, 0.1) is 7.11 Å². The first kappa shape index (κ1) is 28.2. The van der Waals surface area contributed by atoms with E-state index in [1.54, 1.807) is 7.11 Å². The molecule has 2 aliphatic rings. The van der Waals surface area contributed by atoms with Gasteiger partial charge in [0.15, 0.2) is 11.4 Å². The number of methoxy groups -OCH3 is 1. The van der Waals surface area contributed by atoms with E-state index in [0.717, 1.165) is 39.0 Å². The van der Waals surface area contributed by atoms with Gasteiger partial charge in [0.2, 0.25) is 11.6 Å². The standard InChI is InChI=1S/C40H27N5O2/c1-39(2)32-11-7-6-10-30(32)35-28-8-4-5-9-29(28)37-31(36(35)39)20-21-40(47-37,26-16-18-27(46-3)19-17-26)25-14-12-24(13-15-25)38-44-33(22-41)43-34(23-42)45-38/h4-21H,1-3H3. The highest BCUT2D eigenvalue weighted by atomic mass is 16.5. The van der Waals surface area contributed by atoms with Crippen molar-refractivity contribution in [3.63, 3.8) is 0 Å². The Morgan fingerprint density at radius 1 is 0.723 bits per heavy atom.